The standard InChI is InChI=1S/C14H27F4NO/c1-4-8-19-12(7-5-6-11(2)3)9-20-10-14(17,18)13(15)16/h11-13,19H,4-10H2,1-3H3. The summed E-state index contributed by atoms with van der Waals surface area (Å²) in [6.07, 6.45) is 0.0720. The smallest absolute Gasteiger partial charge is 0.330 e. The summed E-state index contributed by atoms with van der Waals surface area (Å²) < 4.78 is 54.2. The molecular formula is C14H27F4NO. The molecule has 0 saturated carbocycles. The van der Waals surface area contributed by atoms with Crippen LogP contribution in [0.3, 0.4) is 0 Å². The number of hydrogen-bond acceptors (Lipinski definition) is 2. The van der Waals surface area contributed by atoms with Crippen LogP contribution in [0.15, 0.2) is 0 Å². The Hall–Kier alpha value is -0.360. The van der Waals surface area contributed by atoms with Crippen molar-refractivity contribution >= 4 is 0 Å². The Bertz CT molecular complexity index is 237. The van der Waals surface area contributed by atoms with Crippen molar-refractivity contribution in [3.05, 3.63) is 0 Å². The molecule has 0 aromatic carbocycles. The average Bonchev–Trinajstić information content (AvgIpc) is 2.34. The van der Waals surface area contributed by atoms with E-state index in [1.54, 1.807) is 0 Å². The van der Waals surface area contributed by atoms with Crippen molar-refractivity contribution in [1.82, 2.24) is 5.32 Å². The van der Waals surface area contributed by atoms with Gasteiger partial charge in [0.05, 0.1) is 6.61 Å². The van der Waals surface area contributed by atoms with Gasteiger partial charge in [-0.05, 0) is 25.3 Å². The number of halogens is 4. The van der Waals surface area contributed by atoms with Gasteiger partial charge in [0.1, 0.15) is 6.61 Å². The highest BCUT2D eigenvalue weighted by molar-refractivity contribution is 4.71. The first kappa shape index (κ1) is 19.6. The van der Waals surface area contributed by atoms with Gasteiger partial charge in [-0.1, -0.05) is 33.6 Å². The van der Waals surface area contributed by atoms with E-state index in [1.807, 2.05) is 6.92 Å². The summed E-state index contributed by atoms with van der Waals surface area (Å²) in [7, 11) is 0. The molecule has 6 heteroatoms. The molecule has 1 unspecified atom stereocenters. The van der Waals surface area contributed by atoms with Crippen molar-refractivity contribution in [3.63, 3.8) is 0 Å². The van der Waals surface area contributed by atoms with Crippen LogP contribution in [-0.2, 0) is 4.74 Å². The van der Waals surface area contributed by atoms with Gasteiger partial charge >= 0.3 is 12.3 Å². The third-order valence-corrected chi connectivity index (χ3v) is 2.95. The van der Waals surface area contributed by atoms with Crippen molar-refractivity contribution in [3.8, 4) is 0 Å². The minimum Gasteiger partial charge on any atom is -0.373 e. The van der Waals surface area contributed by atoms with Crippen LogP contribution < -0.4 is 5.32 Å². The molecule has 0 rings (SSSR count). The van der Waals surface area contributed by atoms with Crippen LogP contribution in [0.4, 0.5) is 17.6 Å². The zero-order chi connectivity index (χ0) is 15.6. The van der Waals surface area contributed by atoms with Gasteiger partial charge in [-0.3, -0.25) is 0 Å². The molecule has 0 spiro atoms. The lowest BCUT2D eigenvalue weighted by molar-refractivity contribution is -0.167. The highest BCUT2D eigenvalue weighted by Gasteiger charge is 2.41. The Morgan fingerprint density at radius 1 is 1.15 bits per heavy atom. The van der Waals surface area contributed by atoms with Gasteiger partial charge in [0.25, 0.3) is 0 Å². The maximum atomic E-state index is 12.7. The van der Waals surface area contributed by atoms with Crippen molar-refractivity contribution in [2.75, 3.05) is 19.8 Å². The van der Waals surface area contributed by atoms with E-state index in [0.29, 0.717) is 5.92 Å². The van der Waals surface area contributed by atoms with Gasteiger partial charge < -0.3 is 10.1 Å². The van der Waals surface area contributed by atoms with Crippen LogP contribution >= 0.6 is 0 Å². The van der Waals surface area contributed by atoms with Gasteiger partial charge in [0.2, 0.25) is 0 Å². The first-order chi connectivity index (χ1) is 9.29. The van der Waals surface area contributed by atoms with E-state index in [0.717, 1.165) is 32.2 Å². The summed E-state index contributed by atoms with van der Waals surface area (Å²) >= 11 is 0. The highest BCUT2D eigenvalue weighted by atomic mass is 19.3. The fourth-order valence-corrected chi connectivity index (χ4v) is 1.77. The van der Waals surface area contributed by atoms with E-state index in [1.165, 1.54) is 0 Å². The lowest BCUT2D eigenvalue weighted by Gasteiger charge is -2.21. The van der Waals surface area contributed by atoms with E-state index >= 15 is 0 Å². The maximum absolute atomic E-state index is 12.7. The zero-order valence-electron chi connectivity index (χ0n) is 12.6. The fraction of sp³-hybridized carbons (Fsp3) is 1.00. The number of hydrogen-bond donors (Lipinski definition) is 1. The topological polar surface area (TPSA) is 21.3 Å². The monoisotopic (exact) mass is 301 g/mol. The van der Waals surface area contributed by atoms with Gasteiger partial charge in [-0.2, -0.15) is 8.78 Å². The molecule has 0 aliphatic rings. The van der Waals surface area contributed by atoms with Gasteiger partial charge in [-0.15, -0.1) is 0 Å². The second kappa shape index (κ2) is 10.4. The Morgan fingerprint density at radius 2 is 1.80 bits per heavy atom. The second-order valence-corrected chi connectivity index (χ2v) is 5.55. The molecule has 1 N–H and O–H groups in total. The molecular weight excluding hydrogens is 274 g/mol. The van der Waals surface area contributed by atoms with Gasteiger partial charge in [0.15, 0.2) is 0 Å². The summed E-state index contributed by atoms with van der Waals surface area (Å²) in [4.78, 5) is 0. The van der Waals surface area contributed by atoms with Crippen LogP contribution in [-0.4, -0.2) is 38.1 Å². The molecule has 0 aromatic heterocycles. The summed E-state index contributed by atoms with van der Waals surface area (Å²) in [6.45, 7) is 5.83. The first-order valence-electron chi connectivity index (χ1n) is 7.26. The SMILES string of the molecule is CCCNC(CCCC(C)C)COCC(F)(F)C(F)F. The Morgan fingerprint density at radius 3 is 2.30 bits per heavy atom. The third kappa shape index (κ3) is 9.53. The minimum absolute atomic E-state index is 0.0421. The van der Waals surface area contributed by atoms with Crippen molar-refractivity contribution in [2.45, 2.75) is 64.8 Å². The lowest BCUT2D eigenvalue weighted by atomic mass is 10.0. The van der Waals surface area contributed by atoms with Crippen molar-refractivity contribution < 1.29 is 22.3 Å². The van der Waals surface area contributed by atoms with Crippen molar-refractivity contribution in [1.29, 1.82) is 0 Å². The lowest BCUT2D eigenvalue weighted by Crippen LogP contribution is -2.38. The normalized spacial score (nSPS) is 14.2. The highest BCUT2D eigenvalue weighted by Crippen LogP contribution is 2.23. The average molecular weight is 301 g/mol. The maximum Gasteiger partial charge on any atom is 0.330 e. The second-order valence-electron chi connectivity index (χ2n) is 5.55. The number of ether oxygens (including phenoxy) is 1. The van der Waals surface area contributed by atoms with Crippen LogP contribution in [0.2, 0.25) is 0 Å². The van der Waals surface area contributed by atoms with Crippen LogP contribution in [0.5, 0.6) is 0 Å². The molecule has 0 heterocycles. The molecule has 1 atom stereocenters. The molecule has 122 valence electrons. The Balaban J connectivity index is 4.02. The molecule has 0 aliphatic carbocycles. The first-order valence-corrected chi connectivity index (χ1v) is 7.26. The van der Waals surface area contributed by atoms with Crippen molar-refractivity contribution in [2.24, 2.45) is 5.92 Å². The van der Waals surface area contributed by atoms with E-state index in [9.17, 15) is 17.6 Å². The summed E-state index contributed by atoms with van der Waals surface area (Å²) in [5.41, 5.74) is 0. The number of alkyl halides is 4. The van der Waals surface area contributed by atoms with E-state index in [4.69, 9.17) is 4.74 Å². The molecule has 0 aliphatic heterocycles. The number of nitrogens with one attached hydrogen (secondary N) is 1. The predicted molar refractivity (Wildman–Crippen MR) is 72.5 cm³/mol. The quantitative estimate of drug-likeness (QED) is 0.548. The van der Waals surface area contributed by atoms with E-state index < -0.39 is 19.0 Å². The molecule has 0 amide bonds. The minimum atomic E-state index is -4.06. The molecule has 20 heavy (non-hydrogen) atoms. The Labute approximate surface area is 119 Å². The largest absolute Gasteiger partial charge is 0.373 e. The molecule has 0 saturated heterocycles. The van der Waals surface area contributed by atoms with Gasteiger partial charge in [0, 0.05) is 6.04 Å². The summed E-state index contributed by atoms with van der Waals surface area (Å²) in [5, 5.41) is 3.20. The van der Waals surface area contributed by atoms with E-state index in [-0.39, 0.29) is 12.6 Å². The summed E-state index contributed by atoms with van der Waals surface area (Å²) in [5.74, 6) is -3.47. The molecule has 0 fully saturated rings. The van der Waals surface area contributed by atoms with Crippen LogP contribution in [0.25, 0.3) is 0 Å². The molecule has 0 radical (unpaired) electrons. The Kier molecular flexibility index (Phi) is 10.2. The zero-order valence-corrected chi connectivity index (χ0v) is 12.6. The predicted octanol–water partition coefficient (Wildman–Crippen LogP) is 4.10. The molecule has 0 bridgehead atoms. The fourth-order valence-electron chi connectivity index (χ4n) is 1.77. The third-order valence-electron chi connectivity index (χ3n) is 2.95. The van der Waals surface area contributed by atoms with E-state index in [2.05, 4.69) is 19.2 Å². The van der Waals surface area contributed by atoms with Gasteiger partial charge in [-0.25, -0.2) is 8.78 Å². The summed E-state index contributed by atoms with van der Waals surface area (Å²) in [6, 6.07) is -0.0535. The molecule has 2 nitrogen and oxygen atoms in total. The molecule has 0 aromatic rings. The van der Waals surface area contributed by atoms with Crippen LogP contribution in [0.1, 0.15) is 46.5 Å². The van der Waals surface area contributed by atoms with Crippen LogP contribution in [0, 0.1) is 5.92 Å². The number of rotatable bonds is 12.